The molecule has 4 rings (SSSR count). The van der Waals surface area contributed by atoms with Crippen molar-refractivity contribution >= 4 is 0 Å². The van der Waals surface area contributed by atoms with Crippen molar-refractivity contribution in [3.8, 4) is 0 Å². The van der Waals surface area contributed by atoms with Gasteiger partial charge < -0.3 is 5.11 Å². The van der Waals surface area contributed by atoms with E-state index >= 15 is 0 Å². The van der Waals surface area contributed by atoms with Crippen LogP contribution in [0.1, 0.15) is 86.0 Å². The van der Waals surface area contributed by atoms with Crippen molar-refractivity contribution < 1.29 is 5.11 Å². The smallest absolute Gasteiger partial charge is 0.0578 e. The maximum Gasteiger partial charge on any atom is 0.0578 e. The molecule has 1 nitrogen and oxygen atoms in total. The standard InChI is InChI=1S/C29H44O/c1-7-21(19(2)3)9-8-20(4)25-12-13-26-24-11-10-22-18-23(30)14-16-28(22,5)27(24)15-17-29(25,26)6/h8-11,20-21,23,25-27,30H,2,7,12-18H2,1,3-6H3/t20-,21-,23?,25-,26+,27+,28+,29-/m1/s1. The molecule has 166 valence electrons. The van der Waals surface area contributed by atoms with Gasteiger partial charge in [0.1, 0.15) is 0 Å². The third kappa shape index (κ3) is 3.50. The first kappa shape index (κ1) is 22.1. The number of hydrogen-bond acceptors (Lipinski definition) is 1. The molecule has 0 heterocycles. The minimum atomic E-state index is -0.122. The summed E-state index contributed by atoms with van der Waals surface area (Å²) in [5.74, 6) is 3.41. The lowest BCUT2D eigenvalue weighted by molar-refractivity contribution is 0.0383. The lowest BCUT2D eigenvalue weighted by Crippen LogP contribution is -2.46. The highest BCUT2D eigenvalue weighted by Crippen LogP contribution is 2.65. The van der Waals surface area contributed by atoms with Gasteiger partial charge in [-0.15, -0.1) is 0 Å². The van der Waals surface area contributed by atoms with Gasteiger partial charge in [-0.05, 0) is 98.7 Å². The summed E-state index contributed by atoms with van der Waals surface area (Å²) in [5.41, 5.74) is 5.31. The van der Waals surface area contributed by atoms with Crippen molar-refractivity contribution in [2.45, 2.75) is 92.1 Å². The third-order valence-corrected chi connectivity index (χ3v) is 9.97. The summed E-state index contributed by atoms with van der Waals surface area (Å²) in [5, 5.41) is 10.2. The van der Waals surface area contributed by atoms with Gasteiger partial charge in [0.2, 0.25) is 0 Å². The van der Waals surface area contributed by atoms with E-state index in [2.05, 4.69) is 65.5 Å². The summed E-state index contributed by atoms with van der Waals surface area (Å²) in [4.78, 5) is 0. The van der Waals surface area contributed by atoms with Crippen LogP contribution in [-0.2, 0) is 0 Å². The molecule has 4 aliphatic rings. The van der Waals surface area contributed by atoms with Gasteiger partial charge in [-0.1, -0.05) is 75.3 Å². The molecule has 1 unspecified atom stereocenters. The molecule has 8 atom stereocenters. The van der Waals surface area contributed by atoms with Gasteiger partial charge in [-0.3, -0.25) is 0 Å². The second kappa shape index (κ2) is 8.12. The molecule has 0 aromatic rings. The molecule has 4 aliphatic carbocycles. The summed E-state index contributed by atoms with van der Waals surface area (Å²) in [6.45, 7) is 16.2. The minimum absolute atomic E-state index is 0.122. The fraction of sp³-hybridized carbons (Fsp3) is 0.724. The molecule has 0 amide bonds. The van der Waals surface area contributed by atoms with Gasteiger partial charge in [0.05, 0.1) is 6.10 Å². The molecule has 3 fully saturated rings. The van der Waals surface area contributed by atoms with Gasteiger partial charge in [0.25, 0.3) is 0 Å². The Morgan fingerprint density at radius 3 is 2.60 bits per heavy atom. The van der Waals surface area contributed by atoms with Crippen molar-refractivity contribution in [2.24, 2.45) is 40.4 Å². The number of hydrogen-bond donors (Lipinski definition) is 1. The number of fused-ring (bicyclic) bond motifs is 5. The molecule has 0 saturated heterocycles. The Bertz CT molecular complexity index is 769. The van der Waals surface area contributed by atoms with E-state index < -0.39 is 0 Å². The molecule has 0 aromatic carbocycles. The summed E-state index contributed by atoms with van der Waals surface area (Å²) in [6.07, 6.45) is 19.4. The second-order valence-electron chi connectivity index (χ2n) is 11.6. The lowest BCUT2D eigenvalue weighted by Gasteiger charge is -2.55. The van der Waals surface area contributed by atoms with E-state index in [-0.39, 0.29) is 6.10 Å². The molecular weight excluding hydrogens is 364 g/mol. The Kier molecular flexibility index (Phi) is 5.99. The Balaban J connectivity index is 1.56. The van der Waals surface area contributed by atoms with Crippen LogP contribution < -0.4 is 0 Å². The quantitative estimate of drug-likeness (QED) is 0.463. The third-order valence-electron chi connectivity index (χ3n) is 9.97. The second-order valence-corrected chi connectivity index (χ2v) is 11.6. The zero-order valence-corrected chi connectivity index (χ0v) is 20.1. The van der Waals surface area contributed by atoms with Crippen molar-refractivity contribution in [3.05, 3.63) is 47.6 Å². The molecule has 1 heteroatoms. The normalized spacial score (nSPS) is 42.6. The fourth-order valence-electron chi connectivity index (χ4n) is 7.98. The van der Waals surface area contributed by atoms with E-state index in [0.717, 1.165) is 37.5 Å². The van der Waals surface area contributed by atoms with Crippen LogP contribution in [0, 0.1) is 40.4 Å². The van der Waals surface area contributed by atoms with Gasteiger partial charge in [0, 0.05) is 0 Å². The summed E-state index contributed by atoms with van der Waals surface area (Å²) in [6, 6.07) is 0. The Labute approximate surface area is 185 Å². The molecular formula is C29H44O. The predicted octanol–water partition coefficient (Wildman–Crippen LogP) is 7.64. The minimum Gasteiger partial charge on any atom is -0.393 e. The molecule has 0 radical (unpaired) electrons. The van der Waals surface area contributed by atoms with E-state index in [9.17, 15) is 5.11 Å². The Morgan fingerprint density at radius 1 is 1.13 bits per heavy atom. The summed E-state index contributed by atoms with van der Waals surface area (Å²) >= 11 is 0. The first-order valence-corrected chi connectivity index (χ1v) is 12.6. The van der Waals surface area contributed by atoms with Gasteiger partial charge in [-0.2, -0.15) is 0 Å². The fourth-order valence-corrected chi connectivity index (χ4v) is 7.98. The van der Waals surface area contributed by atoms with E-state index in [1.165, 1.54) is 36.8 Å². The van der Waals surface area contributed by atoms with E-state index in [1.54, 1.807) is 5.57 Å². The molecule has 30 heavy (non-hydrogen) atoms. The summed E-state index contributed by atoms with van der Waals surface area (Å²) in [7, 11) is 0. The number of aliphatic hydroxyl groups is 1. The zero-order chi connectivity index (χ0) is 21.7. The highest BCUT2D eigenvalue weighted by atomic mass is 16.3. The number of aliphatic hydroxyl groups excluding tert-OH is 1. The van der Waals surface area contributed by atoms with Gasteiger partial charge in [0.15, 0.2) is 0 Å². The average molecular weight is 409 g/mol. The Morgan fingerprint density at radius 2 is 1.90 bits per heavy atom. The lowest BCUT2D eigenvalue weighted by atomic mass is 9.50. The first-order chi connectivity index (χ1) is 14.2. The highest BCUT2D eigenvalue weighted by Gasteiger charge is 2.56. The van der Waals surface area contributed by atoms with Crippen molar-refractivity contribution in [1.29, 1.82) is 0 Å². The average Bonchev–Trinajstić information content (AvgIpc) is 3.06. The largest absolute Gasteiger partial charge is 0.393 e. The SMILES string of the molecule is C=C(C)[C@@H](C=C[C@@H](C)[C@H]1CC[C@H]2C3=CC=C4CC(O)CC[C@]4(C)[C@H]3CC[C@]12C)CC. The van der Waals surface area contributed by atoms with Crippen LogP contribution >= 0.6 is 0 Å². The molecule has 0 bridgehead atoms. The first-order valence-electron chi connectivity index (χ1n) is 12.6. The maximum atomic E-state index is 10.2. The van der Waals surface area contributed by atoms with Crippen LogP contribution in [-0.4, -0.2) is 11.2 Å². The molecule has 1 N–H and O–H groups in total. The van der Waals surface area contributed by atoms with Crippen LogP contribution in [0.5, 0.6) is 0 Å². The number of rotatable bonds is 5. The number of allylic oxidation sites excluding steroid dienone is 6. The molecule has 0 aromatic heterocycles. The zero-order valence-electron chi connectivity index (χ0n) is 20.1. The van der Waals surface area contributed by atoms with Crippen LogP contribution in [0.4, 0.5) is 0 Å². The van der Waals surface area contributed by atoms with E-state index in [4.69, 9.17) is 0 Å². The van der Waals surface area contributed by atoms with Crippen LogP contribution in [0.3, 0.4) is 0 Å². The summed E-state index contributed by atoms with van der Waals surface area (Å²) < 4.78 is 0. The molecule has 0 aliphatic heterocycles. The Hall–Kier alpha value is -1.08. The van der Waals surface area contributed by atoms with Crippen molar-refractivity contribution in [3.63, 3.8) is 0 Å². The van der Waals surface area contributed by atoms with Crippen LogP contribution in [0.25, 0.3) is 0 Å². The van der Waals surface area contributed by atoms with Crippen molar-refractivity contribution in [2.75, 3.05) is 0 Å². The van der Waals surface area contributed by atoms with E-state index in [1.807, 2.05) is 0 Å². The topological polar surface area (TPSA) is 20.2 Å². The molecule has 3 saturated carbocycles. The van der Waals surface area contributed by atoms with Crippen LogP contribution in [0.15, 0.2) is 47.6 Å². The predicted molar refractivity (Wildman–Crippen MR) is 128 cm³/mol. The van der Waals surface area contributed by atoms with Crippen LogP contribution in [0.2, 0.25) is 0 Å². The molecule has 0 spiro atoms. The van der Waals surface area contributed by atoms with Gasteiger partial charge >= 0.3 is 0 Å². The van der Waals surface area contributed by atoms with Crippen molar-refractivity contribution in [1.82, 2.24) is 0 Å². The monoisotopic (exact) mass is 408 g/mol. The maximum absolute atomic E-state index is 10.2. The van der Waals surface area contributed by atoms with E-state index in [0.29, 0.717) is 28.6 Å². The van der Waals surface area contributed by atoms with Gasteiger partial charge in [-0.25, -0.2) is 0 Å². The highest BCUT2D eigenvalue weighted by molar-refractivity contribution is 5.39.